The van der Waals surface area contributed by atoms with Crippen LogP contribution in [-0.4, -0.2) is 47.2 Å². The fourth-order valence-corrected chi connectivity index (χ4v) is 3.74. The maximum absolute atomic E-state index is 13.8. The number of halogens is 3. The number of anilines is 2. The Morgan fingerprint density at radius 3 is 2.55 bits per heavy atom. The SMILES string of the molecule is O=C(Nc1ccc(-c2nnc(NCCCN3CCCC3)o2)c(C(F)(F)F)c1)c1ccccc1. The second-order valence-corrected chi connectivity index (χ2v) is 7.82. The average molecular weight is 459 g/mol. The maximum Gasteiger partial charge on any atom is 0.417 e. The van der Waals surface area contributed by atoms with E-state index >= 15 is 0 Å². The van der Waals surface area contributed by atoms with Gasteiger partial charge in [0.25, 0.3) is 5.91 Å². The predicted molar refractivity (Wildman–Crippen MR) is 118 cm³/mol. The van der Waals surface area contributed by atoms with Crippen molar-refractivity contribution in [3.8, 4) is 11.5 Å². The summed E-state index contributed by atoms with van der Waals surface area (Å²) in [6.07, 6.45) is -1.38. The van der Waals surface area contributed by atoms with Gasteiger partial charge in [0, 0.05) is 17.8 Å². The molecule has 10 heteroatoms. The normalized spacial score (nSPS) is 14.4. The molecule has 0 atom stereocenters. The number of likely N-dealkylation sites (tertiary alicyclic amines) is 1. The van der Waals surface area contributed by atoms with Gasteiger partial charge in [-0.15, -0.1) is 5.10 Å². The molecule has 2 N–H and O–H groups in total. The van der Waals surface area contributed by atoms with Crippen molar-refractivity contribution in [2.45, 2.75) is 25.4 Å². The molecule has 174 valence electrons. The molecule has 0 aliphatic carbocycles. The van der Waals surface area contributed by atoms with Gasteiger partial charge in [0.05, 0.1) is 11.1 Å². The summed E-state index contributed by atoms with van der Waals surface area (Å²) >= 11 is 0. The van der Waals surface area contributed by atoms with Gasteiger partial charge < -0.3 is 20.0 Å². The summed E-state index contributed by atoms with van der Waals surface area (Å²) in [5.41, 5.74) is -0.873. The van der Waals surface area contributed by atoms with Crippen molar-refractivity contribution >= 4 is 17.6 Å². The first kappa shape index (κ1) is 22.8. The van der Waals surface area contributed by atoms with Crippen LogP contribution < -0.4 is 10.6 Å². The van der Waals surface area contributed by atoms with Gasteiger partial charge in [-0.05, 0) is 69.2 Å². The highest BCUT2D eigenvalue weighted by Gasteiger charge is 2.35. The Balaban J connectivity index is 1.45. The highest BCUT2D eigenvalue weighted by molar-refractivity contribution is 6.04. The molecule has 0 bridgehead atoms. The van der Waals surface area contributed by atoms with Crippen molar-refractivity contribution in [2.24, 2.45) is 0 Å². The molecule has 0 saturated carbocycles. The van der Waals surface area contributed by atoms with Crippen LogP contribution in [-0.2, 0) is 6.18 Å². The number of nitrogens with zero attached hydrogens (tertiary/aromatic N) is 3. The van der Waals surface area contributed by atoms with Crippen molar-refractivity contribution < 1.29 is 22.4 Å². The predicted octanol–water partition coefficient (Wildman–Crippen LogP) is 4.91. The molecule has 1 aliphatic heterocycles. The van der Waals surface area contributed by atoms with E-state index in [1.165, 1.54) is 25.0 Å². The minimum absolute atomic E-state index is 0.0136. The number of nitrogens with one attached hydrogen (secondary N) is 2. The van der Waals surface area contributed by atoms with Crippen molar-refractivity contribution in [3.63, 3.8) is 0 Å². The Morgan fingerprint density at radius 2 is 1.82 bits per heavy atom. The lowest BCUT2D eigenvalue weighted by molar-refractivity contribution is -0.137. The minimum atomic E-state index is -4.68. The quantitative estimate of drug-likeness (QED) is 0.466. The van der Waals surface area contributed by atoms with Gasteiger partial charge in [-0.3, -0.25) is 4.79 Å². The number of hydrogen-bond donors (Lipinski definition) is 2. The molecule has 1 amide bonds. The summed E-state index contributed by atoms with van der Waals surface area (Å²) < 4.78 is 46.7. The van der Waals surface area contributed by atoms with Crippen LogP contribution in [0.25, 0.3) is 11.5 Å². The van der Waals surface area contributed by atoms with Crippen LogP contribution in [0, 0.1) is 0 Å². The summed E-state index contributed by atoms with van der Waals surface area (Å²) in [4.78, 5) is 14.7. The van der Waals surface area contributed by atoms with Gasteiger partial charge >= 0.3 is 12.2 Å². The van der Waals surface area contributed by atoms with E-state index in [9.17, 15) is 18.0 Å². The van der Waals surface area contributed by atoms with Gasteiger partial charge in [-0.1, -0.05) is 23.3 Å². The standard InChI is InChI=1S/C23H24F3N5O2/c24-23(25,26)19-15-17(28-20(32)16-7-2-1-3-8-16)9-10-18(19)21-29-30-22(33-21)27-11-6-14-31-12-4-5-13-31/h1-3,7-10,15H,4-6,11-14H2,(H,27,30)(H,28,32). The van der Waals surface area contributed by atoms with Crippen LogP contribution in [0.15, 0.2) is 52.9 Å². The van der Waals surface area contributed by atoms with Crippen LogP contribution in [0.3, 0.4) is 0 Å². The molecule has 1 aliphatic rings. The number of benzene rings is 2. The molecule has 7 nitrogen and oxygen atoms in total. The van der Waals surface area contributed by atoms with E-state index in [0.717, 1.165) is 32.1 Å². The first-order chi connectivity index (χ1) is 15.9. The highest BCUT2D eigenvalue weighted by atomic mass is 19.4. The minimum Gasteiger partial charge on any atom is -0.403 e. The summed E-state index contributed by atoms with van der Waals surface area (Å²) in [6.45, 7) is 3.73. The zero-order valence-corrected chi connectivity index (χ0v) is 17.9. The van der Waals surface area contributed by atoms with Crippen LogP contribution in [0.1, 0.15) is 35.2 Å². The first-order valence-corrected chi connectivity index (χ1v) is 10.8. The number of aromatic nitrogens is 2. The second-order valence-electron chi connectivity index (χ2n) is 7.82. The van der Waals surface area contributed by atoms with Crippen LogP contribution >= 0.6 is 0 Å². The number of carbonyl (C=O) groups excluding carboxylic acids is 1. The van der Waals surface area contributed by atoms with Crippen LogP contribution in [0.4, 0.5) is 24.9 Å². The molecule has 3 aromatic rings. The lowest BCUT2D eigenvalue weighted by atomic mass is 10.1. The molecule has 2 heterocycles. The Labute approximate surface area is 189 Å². The number of amides is 1. The topological polar surface area (TPSA) is 83.3 Å². The third-order valence-corrected chi connectivity index (χ3v) is 5.40. The Bertz CT molecular complexity index is 1080. The van der Waals surface area contributed by atoms with Crippen molar-refractivity contribution in [2.75, 3.05) is 36.8 Å². The number of carbonyl (C=O) groups is 1. The molecule has 0 unspecified atom stereocenters. The molecule has 1 aromatic heterocycles. The van der Waals surface area contributed by atoms with E-state index in [1.807, 2.05) is 0 Å². The van der Waals surface area contributed by atoms with E-state index in [2.05, 4.69) is 25.7 Å². The number of hydrogen-bond acceptors (Lipinski definition) is 6. The summed E-state index contributed by atoms with van der Waals surface area (Å²) in [7, 11) is 0. The molecule has 0 spiro atoms. The molecule has 0 radical (unpaired) electrons. The van der Waals surface area contributed by atoms with E-state index in [-0.39, 0.29) is 23.2 Å². The smallest absolute Gasteiger partial charge is 0.403 e. The molecule has 4 rings (SSSR count). The van der Waals surface area contributed by atoms with Gasteiger partial charge in [-0.25, -0.2) is 0 Å². The molecular weight excluding hydrogens is 435 g/mol. The van der Waals surface area contributed by atoms with E-state index in [4.69, 9.17) is 4.42 Å². The Morgan fingerprint density at radius 1 is 1.06 bits per heavy atom. The van der Waals surface area contributed by atoms with E-state index in [0.29, 0.717) is 12.1 Å². The van der Waals surface area contributed by atoms with E-state index in [1.54, 1.807) is 30.3 Å². The number of alkyl halides is 3. The molecule has 1 fully saturated rings. The fourth-order valence-electron chi connectivity index (χ4n) is 3.74. The molecule has 2 aromatic carbocycles. The van der Waals surface area contributed by atoms with Gasteiger partial charge in [-0.2, -0.15) is 13.2 Å². The third-order valence-electron chi connectivity index (χ3n) is 5.40. The van der Waals surface area contributed by atoms with Crippen LogP contribution in [0.5, 0.6) is 0 Å². The largest absolute Gasteiger partial charge is 0.417 e. The average Bonchev–Trinajstić information content (AvgIpc) is 3.49. The second kappa shape index (κ2) is 10.0. The fraction of sp³-hybridized carbons (Fsp3) is 0.348. The summed E-state index contributed by atoms with van der Waals surface area (Å²) in [5.74, 6) is -0.750. The zero-order chi connectivity index (χ0) is 23.3. The van der Waals surface area contributed by atoms with Gasteiger partial charge in [0.1, 0.15) is 0 Å². The van der Waals surface area contributed by atoms with Gasteiger partial charge in [0.2, 0.25) is 5.89 Å². The van der Waals surface area contributed by atoms with Gasteiger partial charge in [0.15, 0.2) is 0 Å². The monoisotopic (exact) mass is 459 g/mol. The van der Waals surface area contributed by atoms with E-state index < -0.39 is 17.6 Å². The van der Waals surface area contributed by atoms with Crippen molar-refractivity contribution in [1.29, 1.82) is 0 Å². The van der Waals surface area contributed by atoms with Crippen LogP contribution in [0.2, 0.25) is 0 Å². The molecular formula is C23H24F3N5O2. The maximum atomic E-state index is 13.8. The Kier molecular flexibility index (Phi) is 6.93. The highest BCUT2D eigenvalue weighted by Crippen LogP contribution is 2.38. The lowest BCUT2D eigenvalue weighted by Crippen LogP contribution is -2.22. The molecule has 1 saturated heterocycles. The van der Waals surface area contributed by atoms with Crippen molar-refractivity contribution in [3.05, 3.63) is 59.7 Å². The molecule has 33 heavy (non-hydrogen) atoms. The number of rotatable bonds is 8. The third kappa shape index (κ3) is 5.89. The zero-order valence-electron chi connectivity index (χ0n) is 17.9. The summed E-state index contributed by atoms with van der Waals surface area (Å²) in [6, 6.07) is 11.8. The first-order valence-electron chi connectivity index (χ1n) is 10.8. The van der Waals surface area contributed by atoms with Crippen molar-refractivity contribution in [1.82, 2.24) is 15.1 Å². The Hall–Kier alpha value is -3.40. The lowest BCUT2D eigenvalue weighted by Gasteiger charge is -2.14. The summed E-state index contributed by atoms with van der Waals surface area (Å²) in [5, 5.41) is 13.1.